The van der Waals surface area contributed by atoms with Crippen molar-refractivity contribution in [2.45, 2.75) is 52.9 Å². The van der Waals surface area contributed by atoms with E-state index in [1.807, 2.05) is 0 Å². The second kappa shape index (κ2) is 7.38. The molecular weight excluding hydrogens is 210 g/mol. The summed E-state index contributed by atoms with van der Waals surface area (Å²) < 4.78 is 5.05. The molecule has 0 spiro atoms. The SMILES string of the molecule is COCCCNCC1CCC(C(C)(C)C)CC1. The van der Waals surface area contributed by atoms with Crippen LogP contribution in [0.25, 0.3) is 0 Å². The highest BCUT2D eigenvalue weighted by Gasteiger charge is 2.29. The number of hydrogen-bond acceptors (Lipinski definition) is 2. The van der Waals surface area contributed by atoms with Crippen LogP contribution in [-0.4, -0.2) is 26.8 Å². The fourth-order valence-electron chi connectivity index (χ4n) is 2.88. The van der Waals surface area contributed by atoms with Gasteiger partial charge in [-0.3, -0.25) is 0 Å². The van der Waals surface area contributed by atoms with Gasteiger partial charge in [-0.1, -0.05) is 20.8 Å². The maximum atomic E-state index is 5.05. The summed E-state index contributed by atoms with van der Waals surface area (Å²) in [7, 11) is 1.77. The Morgan fingerprint density at radius 1 is 1.12 bits per heavy atom. The van der Waals surface area contributed by atoms with Gasteiger partial charge < -0.3 is 10.1 Å². The third kappa shape index (κ3) is 5.87. The first-order valence-electron chi connectivity index (χ1n) is 7.23. The van der Waals surface area contributed by atoms with Gasteiger partial charge in [-0.2, -0.15) is 0 Å². The minimum absolute atomic E-state index is 0.511. The van der Waals surface area contributed by atoms with Gasteiger partial charge in [-0.25, -0.2) is 0 Å². The molecule has 1 fully saturated rings. The highest BCUT2D eigenvalue weighted by molar-refractivity contribution is 4.81. The Labute approximate surface area is 108 Å². The van der Waals surface area contributed by atoms with E-state index in [1.165, 1.54) is 32.2 Å². The smallest absolute Gasteiger partial charge is 0.0474 e. The zero-order chi connectivity index (χ0) is 12.7. The Bertz CT molecular complexity index is 190. The second-order valence-electron chi connectivity index (χ2n) is 6.63. The third-order valence-corrected chi connectivity index (χ3v) is 4.21. The van der Waals surface area contributed by atoms with Crippen LogP contribution in [-0.2, 0) is 4.74 Å². The lowest BCUT2D eigenvalue weighted by Gasteiger charge is -2.37. The van der Waals surface area contributed by atoms with Gasteiger partial charge in [-0.05, 0) is 62.4 Å². The minimum Gasteiger partial charge on any atom is -0.385 e. The van der Waals surface area contributed by atoms with E-state index in [2.05, 4.69) is 26.1 Å². The van der Waals surface area contributed by atoms with Gasteiger partial charge in [0, 0.05) is 13.7 Å². The molecule has 0 atom stereocenters. The summed E-state index contributed by atoms with van der Waals surface area (Å²) >= 11 is 0. The molecule has 0 saturated heterocycles. The third-order valence-electron chi connectivity index (χ3n) is 4.21. The van der Waals surface area contributed by atoms with Crippen molar-refractivity contribution in [3.05, 3.63) is 0 Å². The number of rotatable bonds is 6. The summed E-state index contributed by atoms with van der Waals surface area (Å²) in [6.45, 7) is 10.4. The van der Waals surface area contributed by atoms with E-state index < -0.39 is 0 Å². The first-order chi connectivity index (χ1) is 8.04. The molecule has 102 valence electrons. The van der Waals surface area contributed by atoms with Crippen LogP contribution in [0, 0.1) is 17.3 Å². The summed E-state index contributed by atoms with van der Waals surface area (Å²) in [5.41, 5.74) is 0.511. The van der Waals surface area contributed by atoms with E-state index in [-0.39, 0.29) is 0 Å². The molecule has 0 unspecified atom stereocenters. The fraction of sp³-hybridized carbons (Fsp3) is 1.00. The van der Waals surface area contributed by atoms with Gasteiger partial charge in [0.1, 0.15) is 0 Å². The van der Waals surface area contributed by atoms with E-state index in [4.69, 9.17) is 4.74 Å². The van der Waals surface area contributed by atoms with Crippen LogP contribution in [0.4, 0.5) is 0 Å². The normalized spacial score (nSPS) is 26.1. The average molecular weight is 241 g/mol. The van der Waals surface area contributed by atoms with Crippen molar-refractivity contribution in [1.29, 1.82) is 0 Å². The summed E-state index contributed by atoms with van der Waals surface area (Å²) in [5, 5.41) is 3.56. The zero-order valence-electron chi connectivity index (χ0n) is 12.2. The van der Waals surface area contributed by atoms with Crippen LogP contribution in [0.5, 0.6) is 0 Å². The monoisotopic (exact) mass is 241 g/mol. The molecule has 2 nitrogen and oxygen atoms in total. The Kier molecular flexibility index (Phi) is 6.50. The van der Waals surface area contributed by atoms with Crippen molar-refractivity contribution < 1.29 is 4.74 Å². The fourth-order valence-corrected chi connectivity index (χ4v) is 2.88. The quantitative estimate of drug-likeness (QED) is 0.719. The Morgan fingerprint density at radius 2 is 1.76 bits per heavy atom. The zero-order valence-corrected chi connectivity index (χ0v) is 12.2. The van der Waals surface area contributed by atoms with Gasteiger partial charge in [0.15, 0.2) is 0 Å². The van der Waals surface area contributed by atoms with E-state index >= 15 is 0 Å². The van der Waals surface area contributed by atoms with E-state index in [0.717, 1.165) is 31.4 Å². The Hall–Kier alpha value is -0.0800. The number of hydrogen-bond donors (Lipinski definition) is 1. The van der Waals surface area contributed by atoms with Crippen LogP contribution in [0.15, 0.2) is 0 Å². The van der Waals surface area contributed by atoms with Gasteiger partial charge in [0.05, 0.1) is 0 Å². The van der Waals surface area contributed by atoms with Crippen molar-refractivity contribution in [2.24, 2.45) is 17.3 Å². The Balaban J connectivity index is 2.07. The van der Waals surface area contributed by atoms with E-state index in [1.54, 1.807) is 7.11 Å². The second-order valence-corrected chi connectivity index (χ2v) is 6.63. The minimum atomic E-state index is 0.511. The molecule has 1 aliphatic rings. The number of nitrogens with one attached hydrogen (secondary N) is 1. The van der Waals surface area contributed by atoms with Gasteiger partial charge in [-0.15, -0.1) is 0 Å². The molecule has 0 aromatic carbocycles. The summed E-state index contributed by atoms with van der Waals surface area (Å²) in [6, 6.07) is 0. The lowest BCUT2D eigenvalue weighted by atomic mass is 9.70. The summed E-state index contributed by atoms with van der Waals surface area (Å²) in [6.07, 6.45) is 6.81. The maximum Gasteiger partial charge on any atom is 0.0474 e. The summed E-state index contributed by atoms with van der Waals surface area (Å²) in [5.74, 6) is 1.85. The van der Waals surface area contributed by atoms with Crippen LogP contribution >= 0.6 is 0 Å². The molecule has 0 radical (unpaired) electrons. The molecule has 1 rings (SSSR count). The molecular formula is C15H31NO. The molecule has 1 saturated carbocycles. The van der Waals surface area contributed by atoms with E-state index in [9.17, 15) is 0 Å². The number of methoxy groups -OCH3 is 1. The van der Waals surface area contributed by atoms with Crippen molar-refractivity contribution >= 4 is 0 Å². The van der Waals surface area contributed by atoms with E-state index in [0.29, 0.717) is 5.41 Å². The maximum absolute atomic E-state index is 5.05. The molecule has 2 heteroatoms. The lowest BCUT2D eigenvalue weighted by molar-refractivity contribution is 0.148. The Morgan fingerprint density at radius 3 is 2.29 bits per heavy atom. The van der Waals surface area contributed by atoms with Crippen molar-refractivity contribution in [3.8, 4) is 0 Å². The molecule has 1 aliphatic carbocycles. The van der Waals surface area contributed by atoms with Crippen LogP contribution in [0.3, 0.4) is 0 Å². The molecule has 0 bridgehead atoms. The largest absolute Gasteiger partial charge is 0.385 e. The number of ether oxygens (including phenoxy) is 1. The molecule has 1 N–H and O–H groups in total. The highest BCUT2D eigenvalue weighted by Crippen LogP contribution is 2.39. The van der Waals surface area contributed by atoms with Crippen LogP contribution in [0.2, 0.25) is 0 Å². The first-order valence-corrected chi connectivity index (χ1v) is 7.23. The van der Waals surface area contributed by atoms with Crippen LogP contribution < -0.4 is 5.32 Å². The van der Waals surface area contributed by atoms with Crippen molar-refractivity contribution in [3.63, 3.8) is 0 Å². The molecule has 0 aliphatic heterocycles. The predicted octanol–water partition coefficient (Wildman–Crippen LogP) is 3.47. The molecule has 0 aromatic rings. The summed E-state index contributed by atoms with van der Waals surface area (Å²) in [4.78, 5) is 0. The average Bonchev–Trinajstić information content (AvgIpc) is 2.28. The van der Waals surface area contributed by atoms with Gasteiger partial charge in [0.2, 0.25) is 0 Å². The van der Waals surface area contributed by atoms with Crippen LogP contribution in [0.1, 0.15) is 52.9 Å². The van der Waals surface area contributed by atoms with Crippen molar-refractivity contribution in [2.75, 3.05) is 26.8 Å². The molecule has 0 aromatic heterocycles. The lowest BCUT2D eigenvalue weighted by Crippen LogP contribution is -2.31. The molecule has 0 heterocycles. The van der Waals surface area contributed by atoms with Gasteiger partial charge >= 0.3 is 0 Å². The standard InChI is InChI=1S/C15H31NO/c1-15(2,3)14-8-6-13(7-9-14)12-16-10-5-11-17-4/h13-14,16H,5-12H2,1-4H3. The molecule has 17 heavy (non-hydrogen) atoms. The van der Waals surface area contributed by atoms with Gasteiger partial charge in [0.25, 0.3) is 0 Å². The molecule has 0 amide bonds. The first kappa shape index (κ1) is 15.0. The topological polar surface area (TPSA) is 21.3 Å². The predicted molar refractivity (Wildman–Crippen MR) is 74.3 cm³/mol. The van der Waals surface area contributed by atoms with Crippen molar-refractivity contribution in [1.82, 2.24) is 5.32 Å². The highest BCUT2D eigenvalue weighted by atomic mass is 16.5.